The van der Waals surface area contributed by atoms with E-state index in [1.807, 2.05) is 6.07 Å². The Morgan fingerprint density at radius 3 is 1.01 bits per heavy atom. The molecule has 0 aromatic heterocycles. The lowest BCUT2D eigenvalue weighted by Gasteiger charge is -2.34. The molecule has 0 saturated carbocycles. The van der Waals surface area contributed by atoms with Crippen molar-refractivity contribution in [2.45, 2.75) is 133 Å². The highest BCUT2D eigenvalue weighted by molar-refractivity contribution is 5.84. The molecule has 8 aromatic carbocycles. The molecule has 0 spiro atoms. The quantitative estimate of drug-likeness (QED) is 0.141. The molecule has 0 unspecified atom stereocenters. The van der Waals surface area contributed by atoms with Crippen LogP contribution in [0.3, 0.4) is 0 Å². The summed E-state index contributed by atoms with van der Waals surface area (Å²) in [6.45, 7) is 31.2. The van der Waals surface area contributed by atoms with Gasteiger partial charge < -0.3 is 39.2 Å². The Kier molecular flexibility index (Phi) is 18.6. The Balaban J connectivity index is 0.000000134. The van der Waals surface area contributed by atoms with Gasteiger partial charge in [0.2, 0.25) is 0 Å². The molecule has 428 valence electrons. The highest BCUT2D eigenvalue weighted by Gasteiger charge is 2.33. The molecule has 0 saturated heterocycles. The van der Waals surface area contributed by atoms with Crippen molar-refractivity contribution in [3.63, 3.8) is 0 Å². The summed E-state index contributed by atoms with van der Waals surface area (Å²) in [5.74, 6) is 1.00. The Morgan fingerprint density at radius 2 is 0.590 bits per heavy atom. The summed E-state index contributed by atoms with van der Waals surface area (Å²) in [6, 6.07) is 66.5. The topological polar surface area (TPSA) is 25.9 Å². The van der Waals surface area contributed by atoms with Crippen LogP contribution in [0.4, 0.5) is 51.2 Å². The zero-order chi connectivity index (χ0) is 59.1. The Labute approximate surface area is 498 Å². The SMILES string of the molecule is Cc1ccccc1N1C=CN(c2c(C(C)C)cccc2C(C)C)[C@H]1C.Cc1ccccc1N1C=CN(c2c(C)cccc2C)[C@H]1C.Cc1ccccc1N1C=CN(c2ccccc2)[C@H]1C.Cc1ccccc1N1c2ccccc2N(C)[C@H]1C. The van der Waals surface area contributed by atoms with Crippen molar-refractivity contribution in [2.24, 2.45) is 0 Å². The predicted octanol–water partition coefficient (Wildman–Crippen LogP) is 19.2. The molecule has 4 heterocycles. The fourth-order valence-corrected chi connectivity index (χ4v) is 12.1. The molecule has 0 amide bonds. The fraction of sp³-hybridized carbons (Fsp3) is 0.280. The van der Waals surface area contributed by atoms with Crippen LogP contribution in [0.2, 0.25) is 0 Å². The molecular weight excluding hydrogens is 1010 g/mol. The fourth-order valence-electron chi connectivity index (χ4n) is 12.1. The molecule has 4 aliphatic rings. The number of fused-ring (bicyclic) bond motifs is 1. The summed E-state index contributed by atoms with van der Waals surface area (Å²) < 4.78 is 0. The van der Waals surface area contributed by atoms with Crippen LogP contribution in [-0.2, 0) is 0 Å². The zero-order valence-electron chi connectivity index (χ0n) is 51.9. The van der Waals surface area contributed by atoms with Crippen LogP contribution in [0, 0.1) is 41.5 Å². The molecular formula is C75H88N8. The van der Waals surface area contributed by atoms with Gasteiger partial charge in [0.15, 0.2) is 0 Å². The van der Waals surface area contributed by atoms with Crippen molar-refractivity contribution in [2.75, 3.05) is 46.2 Å². The number of anilines is 9. The van der Waals surface area contributed by atoms with E-state index in [1.54, 1.807) is 0 Å². The lowest BCUT2D eigenvalue weighted by molar-refractivity contribution is 0.727. The molecule has 0 aliphatic carbocycles. The van der Waals surface area contributed by atoms with Crippen molar-refractivity contribution in [1.82, 2.24) is 0 Å². The highest BCUT2D eigenvalue weighted by atomic mass is 15.4. The number of benzene rings is 8. The maximum Gasteiger partial charge on any atom is 0.107 e. The highest BCUT2D eigenvalue weighted by Crippen LogP contribution is 2.44. The summed E-state index contributed by atoms with van der Waals surface area (Å²) in [5, 5.41) is 0. The molecule has 8 heteroatoms. The van der Waals surface area contributed by atoms with Gasteiger partial charge >= 0.3 is 0 Å². The number of nitrogens with zero attached hydrogens (tertiary/aromatic N) is 8. The lowest BCUT2D eigenvalue weighted by Crippen LogP contribution is -2.37. The first-order chi connectivity index (χ1) is 40.0. The number of rotatable bonds is 9. The molecule has 0 bridgehead atoms. The van der Waals surface area contributed by atoms with Crippen molar-refractivity contribution in [1.29, 1.82) is 0 Å². The van der Waals surface area contributed by atoms with Gasteiger partial charge in [-0.3, -0.25) is 0 Å². The normalized spacial score (nSPS) is 17.7. The van der Waals surface area contributed by atoms with Crippen LogP contribution in [0.25, 0.3) is 0 Å². The van der Waals surface area contributed by atoms with Crippen molar-refractivity contribution < 1.29 is 0 Å². The largest absolute Gasteiger partial charge is 0.353 e. The van der Waals surface area contributed by atoms with Gasteiger partial charge in [0.25, 0.3) is 0 Å². The average molecular weight is 1100 g/mol. The lowest BCUT2D eigenvalue weighted by atomic mass is 9.92. The van der Waals surface area contributed by atoms with E-state index in [2.05, 4.69) is 362 Å². The Morgan fingerprint density at radius 1 is 0.277 bits per heavy atom. The minimum absolute atomic E-state index is 0.262. The summed E-state index contributed by atoms with van der Waals surface area (Å²) >= 11 is 0. The second kappa shape index (κ2) is 26.1. The van der Waals surface area contributed by atoms with Crippen LogP contribution < -0.4 is 39.2 Å². The monoisotopic (exact) mass is 1100 g/mol. The van der Waals surface area contributed by atoms with Gasteiger partial charge in [-0.25, -0.2) is 0 Å². The summed E-state index contributed by atoms with van der Waals surface area (Å²) in [4.78, 5) is 18.8. The standard InChI is InChI=1S/C23H30N2.C19H22N2.C17H18N2.C16H18N2/c1-16(2)20-11-9-12-21(17(3)4)23(20)25-15-14-24(19(25)6)22-13-8-7-10-18(22)5;1-14-8-5-6-11-18(14)20-12-13-21(17(20)4)19-15(2)9-7-10-16(19)3;1-14-8-6-7-11-17(14)19-13-12-18(15(19)2)16-9-4-3-5-10-16;1-12-8-4-5-9-14(12)18-13(2)17(3)15-10-6-7-11-16(15)18/h7-17,19H,1-6H3;5-13,17H,1-4H3;3-13,15H,1-2H3;4-11,13H,1-3H3/t19-;17-;15-;13-/m0011/s1. The summed E-state index contributed by atoms with van der Waals surface area (Å²) in [7, 11) is 2.15. The minimum atomic E-state index is 0.262. The first-order valence-electron chi connectivity index (χ1n) is 29.8. The van der Waals surface area contributed by atoms with Crippen molar-refractivity contribution in [3.8, 4) is 0 Å². The van der Waals surface area contributed by atoms with Crippen LogP contribution in [0.15, 0.2) is 225 Å². The van der Waals surface area contributed by atoms with Gasteiger partial charge in [-0.15, -0.1) is 0 Å². The van der Waals surface area contributed by atoms with Crippen molar-refractivity contribution in [3.05, 3.63) is 270 Å². The second-order valence-corrected chi connectivity index (χ2v) is 23.2. The first kappa shape index (κ1) is 59.0. The maximum atomic E-state index is 2.44. The van der Waals surface area contributed by atoms with Gasteiger partial charge in [0.05, 0.1) is 11.4 Å². The van der Waals surface area contributed by atoms with Crippen LogP contribution in [0.1, 0.15) is 112 Å². The molecule has 4 aliphatic heterocycles. The molecule has 83 heavy (non-hydrogen) atoms. The van der Waals surface area contributed by atoms with Gasteiger partial charge in [-0.05, 0) is 174 Å². The average Bonchev–Trinajstić information content (AvgIpc) is 4.35. The molecule has 8 aromatic rings. The zero-order valence-corrected chi connectivity index (χ0v) is 51.9. The van der Waals surface area contributed by atoms with E-state index in [0.29, 0.717) is 24.2 Å². The Hall–Kier alpha value is -8.62. The molecule has 0 radical (unpaired) electrons. The predicted molar refractivity (Wildman–Crippen MR) is 359 cm³/mol. The van der Waals surface area contributed by atoms with E-state index in [-0.39, 0.29) is 12.3 Å². The third kappa shape index (κ3) is 12.4. The van der Waals surface area contributed by atoms with Crippen LogP contribution in [0.5, 0.6) is 0 Å². The van der Waals surface area contributed by atoms with Crippen LogP contribution in [-0.4, -0.2) is 31.7 Å². The third-order valence-corrected chi connectivity index (χ3v) is 16.9. The number of para-hydroxylation sites is 9. The summed E-state index contributed by atoms with van der Waals surface area (Å²) in [5.41, 5.74) is 22.3. The Bertz CT molecular complexity index is 3510. The van der Waals surface area contributed by atoms with Gasteiger partial charge in [0.1, 0.15) is 24.7 Å². The van der Waals surface area contributed by atoms with E-state index in [0.717, 1.165) is 0 Å². The molecule has 0 fully saturated rings. The van der Waals surface area contributed by atoms with Crippen molar-refractivity contribution >= 4 is 51.2 Å². The third-order valence-electron chi connectivity index (χ3n) is 16.9. The van der Waals surface area contributed by atoms with Gasteiger partial charge in [0, 0.05) is 84.1 Å². The second-order valence-electron chi connectivity index (χ2n) is 23.2. The maximum absolute atomic E-state index is 2.44. The molecule has 0 N–H and O–H groups in total. The summed E-state index contributed by atoms with van der Waals surface area (Å²) in [6.07, 6.45) is 14.3. The first-order valence-corrected chi connectivity index (χ1v) is 29.8. The van der Waals surface area contributed by atoms with E-state index >= 15 is 0 Å². The minimum Gasteiger partial charge on any atom is -0.353 e. The smallest absolute Gasteiger partial charge is 0.107 e. The van der Waals surface area contributed by atoms with E-state index in [4.69, 9.17) is 0 Å². The molecule has 12 rings (SSSR count). The van der Waals surface area contributed by atoms with Crippen LogP contribution >= 0.6 is 0 Å². The molecule has 4 atom stereocenters. The number of aryl methyl sites for hydroxylation is 6. The van der Waals surface area contributed by atoms with E-state index in [9.17, 15) is 0 Å². The van der Waals surface area contributed by atoms with Gasteiger partial charge in [-0.2, -0.15) is 0 Å². The van der Waals surface area contributed by atoms with Gasteiger partial charge in [-0.1, -0.05) is 167 Å². The number of hydrogen-bond acceptors (Lipinski definition) is 8. The molecule has 8 nitrogen and oxygen atoms in total. The van der Waals surface area contributed by atoms with E-state index in [1.165, 1.54) is 95.7 Å². The number of hydrogen-bond donors (Lipinski definition) is 0. The van der Waals surface area contributed by atoms with E-state index < -0.39 is 0 Å².